The van der Waals surface area contributed by atoms with Gasteiger partial charge in [0.25, 0.3) is 0 Å². The molecular weight excluding hydrogens is 422 g/mol. The highest BCUT2D eigenvalue weighted by molar-refractivity contribution is 6.02. The van der Waals surface area contributed by atoms with Crippen molar-refractivity contribution in [2.45, 2.75) is 30.8 Å². The minimum Gasteiger partial charge on any atom is -0.404 e. The number of aromatic nitrogens is 2. The molecule has 2 aromatic rings. The first kappa shape index (κ1) is 22.1. The lowest BCUT2D eigenvalue weighted by Gasteiger charge is -2.31. The molecule has 0 unspecified atom stereocenters. The van der Waals surface area contributed by atoms with Crippen LogP contribution in [0.25, 0.3) is 0 Å². The molecule has 0 amide bonds. The third-order valence-electron chi connectivity index (χ3n) is 5.57. The normalized spacial score (nSPS) is 28.4. The van der Waals surface area contributed by atoms with Crippen LogP contribution in [0.4, 0.5) is 20.3 Å². The van der Waals surface area contributed by atoms with E-state index in [1.54, 1.807) is 0 Å². The fraction of sp³-hybridized carbons (Fsp3) is 0.381. The average Bonchev–Trinajstić information content (AvgIpc) is 2.99. The molecular formula is C21H24F2N6O3. The summed E-state index contributed by atoms with van der Waals surface area (Å²) < 4.78 is 35.6. The first-order valence-electron chi connectivity index (χ1n) is 10.1. The standard InChI is InChI=1S/C21H24F2N6O3/c22-21(23)18(30)16(32-19(21)29-9-7-17(25)27-20(29)31)12-28-8-6-15(13(10-24)11-28)26-14-4-2-1-3-5-14/h1-5,7,9-10,16,18-19,30H,6,8,11-12,24H2,(H2,25,27,31)/t16-,18-,19-/m1/s1. The van der Waals surface area contributed by atoms with Crippen LogP contribution in [0.3, 0.4) is 0 Å². The van der Waals surface area contributed by atoms with E-state index < -0.39 is 30.0 Å². The monoisotopic (exact) mass is 446 g/mol. The molecule has 2 fully saturated rings. The molecule has 3 heterocycles. The summed E-state index contributed by atoms with van der Waals surface area (Å²) in [4.78, 5) is 22.0. The second-order valence-corrected chi connectivity index (χ2v) is 7.76. The number of alkyl halides is 2. The van der Waals surface area contributed by atoms with Crippen molar-refractivity contribution >= 4 is 17.2 Å². The van der Waals surface area contributed by atoms with Gasteiger partial charge in [-0.1, -0.05) is 18.2 Å². The van der Waals surface area contributed by atoms with Gasteiger partial charge in [-0.15, -0.1) is 0 Å². The summed E-state index contributed by atoms with van der Waals surface area (Å²) in [5.41, 5.74) is 12.6. The quantitative estimate of drug-likeness (QED) is 0.639. The molecule has 0 aliphatic carbocycles. The van der Waals surface area contributed by atoms with Gasteiger partial charge in [0.05, 0.1) is 5.69 Å². The summed E-state index contributed by atoms with van der Waals surface area (Å²) in [6, 6.07) is 10.7. The van der Waals surface area contributed by atoms with Gasteiger partial charge in [0.2, 0.25) is 6.23 Å². The number of likely N-dealkylation sites (tertiary alicyclic amines) is 1. The highest BCUT2D eigenvalue weighted by atomic mass is 19.3. The van der Waals surface area contributed by atoms with Crippen LogP contribution in [0.5, 0.6) is 0 Å². The molecule has 0 bridgehead atoms. The summed E-state index contributed by atoms with van der Waals surface area (Å²) >= 11 is 0. The zero-order valence-corrected chi connectivity index (χ0v) is 17.1. The number of nitrogen functional groups attached to an aromatic ring is 1. The number of hydrogen-bond donors (Lipinski definition) is 3. The Morgan fingerprint density at radius 2 is 2.06 bits per heavy atom. The highest BCUT2D eigenvalue weighted by Gasteiger charge is 2.59. The summed E-state index contributed by atoms with van der Waals surface area (Å²) in [5, 5.41) is 10.3. The Bertz CT molecular complexity index is 1090. The van der Waals surface area contributed by atoms with E-state index in [0.717, 1.165) is 23.2 Å². The predicted octanol–water partition coefficient (Wildman–Crippen LogP) is 1.04. The molecule has 11 heteroatoms. The summed E-state index contributed by atoms with van der Waals surface area (Å²) in [6.07, 6.45) is -2.19. The molecule has 0 spiro atoms. The maximum absolute atomic E-state index is 14.8. The fourth-order valence-corrected chi connectivity index (χ4v) is 3.90. The number of ether oxygens (including phenoxy) is 1. The van der Waals surface area contributed by atoms with Crippen LogP contribution in [0.2, 0.25) is 0 Å². The van der Waals surface area contributed by atoms with Gasteiger partial charge in [0, 0.05) is 49.7 Å². The van der Waals surface area contributed by atoms with E-state index in [1.165, 1.54) is 12.3 Å². The molecule has 9 nitrogen and oxygen atoms in total. The number of halogens is 2. The number of para-hydroxylation sites is 1. The number of aliphatic hydroxyl groups excluding tert-OH is 1. The number of rotatable bonds is 4. The minimum absolute atomic E-state index is 0.0281. The number of nitrogens with two attached hydrogens (primary N) is 2. The second kappa shape index (κ2) is 8.77. The maximum Gasteiger partial charge on any atom is 0.351 e. The molecule has 0 radical (unpaired) electrons. The van der Waals surface area contributed by atoms with Gasteiger partial charge in [-0.2, -0.15) is 13.8 Å². The molecule has 2 aliphatic heterocycles. The van der Waals surface area contributed by atoms with Crippen molar-refractivity contribution in [3.63, 3.8) is 0 Å². The number of benzene rings is 1. The van der Waals surface area contributed by atoms with Crippen LogP contribution >= 0.6 is 0 Å². The number of anilines is 1. The Morgan fingerprint density at radius 3 is 2.75 bits per heavy atom. The van der Waals surface area contributed by atoms with E-state index in [-0.39, 0.29) is 12.4 Å². The smallest absolute Gasteiger partial charge is 0.351 e. The first-order valence-corrected chi connectivity index (χ1v) is 10.1. The molecule has 2 aliphatic rings. The zero-order valence-electron chi connectivity index (χ0n) is 17.1. The van der Waals surface area contributed by atoms with Gasteiger partial charge >= 0.3 is 11.6 Å². The Kier molecular flexibility index (Phi) is 6.04. The summed E-state index contributed by atoms with van der Waals surface area (Å²) in [6.45, 7) is 0.921. The molecule has 2 saturated heterocycles. The van der Waals surface area contributed by atoms with Crippen LogP contribution in [-0.4, -0.2) is 63.0 Å². The van der Waals surface area contributed by atoms with Gasteiger partial charge in [0.1, 0.15) is 18.0 Å². The van der Waals surface area contributed by atoms with E-state index in [1.807, 2.05) is 35.2 Å². The fourth-order valence-electron chi connectivity index (χ4n) is 3.90. The highest BCUT2D eigenvalue weighted by Crippen LogP contribution is 2.42. The van der Waals surface area contributed by atoms with Gasteiger partial charge in [-0.25, -0.2) is 4.79 Å². The van der Waals surface area contributed by atoms with E-state index >= 15 is 0 Å². The second-order valence-electron chi connectivity index (χ2n) is 7.76. The molecule has 3 atom stereocenters. The van der Waals surface area contributed by atoms with Crippen LogP contribution < -0.4 is 17.2 Å². The predicted molar refractivity (Wildman–Crippen MR) is 115 cm³/mol. The van der Waals surface area contributed by atoms with Crippen LogP contribution in [0, 0.1) is 0 Å². The van der Waals surface area contributed by atoms with E-state index in [9.17, 15) is 18.7 Å². The maximum atomic E-state index is 14.8. The first-order chi connectivity index (χ1) is 15.3. The summed E-state index contributed by atoms with van der Waals surface area (Å²) in [7, 11) is 0. The molecule has 1 aromatic carbocycles. The van der Waals surface area contributed by atoms with Crippen molar-refractivity contribution in [2.24, 2.45) is 10.7 Å². The Balaban J connectivity index is 1.48. The largest absolute Gasteiger partial charge is 0.404 e. The third kappa shape index (κ3) is 4.27. The number of aliphatic hydroxyl groups is 1. The Hall–Kier alpha value is -3.15. The Morgan fingerprint density at radius 1 is 1.31 bits per heavy atom. The molecule has 1 aromatic heterocycles. The molecule has 170 valence electrons. The van der Waals surface area contributed by atoms with Crippen molar-refractivity contribution in [3.8, 4) is 0 Å². The van der Waals surface area contributed by atoms with Crippen molar-refractivity contribution in [1.29, 1.82) is 0 Å². The van der Waals surface area contributed by atoms with Crippen LogP contribution in [0.1, 0.15) is 12.6 Å². The molecule has 5 N–H and O–H groups in total. The lowest BCUT2D eigenvalue weighted by Crippen LogP contribution is -2.46. The van der Waals surface area contributed by atoms with Gasteiger partial charge in [-0.05, 0) is 18.2 Å². The van der Waals surface area contributed by atoms with Gasteiger partial charge in [0.15, 0.2) is 0 Å². The molecule has 4 rings (SSSR count). The molecule has 32 heavy (non-hydrogen) atoms. The Labute approximate surface area is 182 Å². The number of aliphatic imine (C=N–C) groups is 1. The average molecular weight is 446 g/mol. The number of piperidine rings is 1. The lowest BCUT2D eigenvalue weighted by molar-refractivity contribution is -0.140. The number of nitrogens with zero attached hydrogens (tertiary/aromatic N) is 4. The third-order valence-corrected chi connectivity index (χ3v) is 5.57. The van der Waals surface area contributed by atoms with Crippen LogP contribution in [-0.2, 0) is 4.74 Å². The SMILES string of the molecule is NC=C1CN(C[C@H]2O[C@@H](n3ccc(N)nc3=O)C(F)(F)[C@@H]2O)CCC1=Nc1ccccc1. The topological polar surface area (TPSA) is 132 Å². The number of hydrogen-bond acceptors (Lipinski definition) is 8. The molecule has 0 saturated carbocycles. The van der Waals surface area contributed by atoms with Crippen molar-refractivity contribution in [3.05, 3.63) is 64.9 Å². The van der Waals surface area contributed by atoms with Crippen molar-refractivity contribution in [1.82, 2.24) is 14.5 Å². The van der Waals surface area contributed by atoms with Gasteiger partial charge < -0.3 is 21.3 Å². The van der Waals surface area contributed by atoms with Crippen LogP contribution in [0.15, 0.2) is 64.2 Å². The van der Waals surface area contributed by atoms with E-state index in [0.29, 0.717) is 24.1 Å². The van der Waals surface area contributed by atoms with Gasteiger partial charge in [-0.3, -0.25) is 14.5 Å². The lowest BCUT2D eigenvalue weighted by atomic mass is 10.0. The van der Waals surface area contributed by atoms with Crippen molar-refractivity contribution in [2.75, 3.05) is 25.4 Å². The van der Waals surface area contributed by atoms with E-state index in [2.05, 4.69) is 9.98 Å². The van der Waals surface area contributed by atoms with E-state index in [4.69, 9.17) is 16.2 Å². The van der Waals surface area contributed by atoms with Crippen molar-refractivity contribution < 1.29 is 18.6 Å². The minimum atomic E-state index is -3.69. The zero-order chi connectivity index (χ0) is 22.9. The summed E-state index contributed by atoms with van der Waals surface area (Å²) in [5.74, 6) is -3.78.